The molecule has 1 aromatic rings. The Labute approximate surface area is 80.6 Å². The average molecular weight is 160 g/mol. The number of hydrogen-bond donors (Lipinski definition) is 2. The summed E-state index contributed by atoms with van der Waals surface area (Å²) in [5.41, 5.74) is -0.166. The molecule has 0 saturated carbocycles. The van der Waals surface area contributed by atoms with Gasteiger partial charge in [0.15, 0.2) is 11.5 Å². The summed E-state index contributed by atoms with van der Waals surface area (Å²) in [6.07, 6.45) is 0. The van der Waals surface area contributed by atoms with Crippen LogP contribution in [0, 0.1) is 0 Å². The molecule has 1 rings (SSSR count). The van der Waals surface area contributed by atoms with Crippen molar-refractivity contribution in [1.82, 2.24) is 0 Å². The van der Waals surface area contributed by atoms with Crippen LogP contribution in [0.2, 0.25) is 0 Å². The van der Waals surface area contributed by atoms with Crippen molar-refractivity contribution in [2.75, 3.05) is 0 Å². The molecule has 0 unspecified atom stereocenters. The van der Waals surface area contributed by atoms with Gasteiger partial charge >= 0.3 is 18.9 Å². The van der Waals surface area contributed by atoms with Gasteiger partial charge in [0.1, 0.15) is 0 Å². The summed E-state index contributed by atoms with van der Waals surface area (Å²) in [5.74, 6) is -2.21. The van der Waals surface area contributed by atoms with E-state index in [9.17, 15) is 9.90 Å². The molecule has 5 heteroatoms. The first kappa shape index (κ1) is 10.9. The van der Waals surface area contributed by atoms with Crippen LogP contribution in [0.5, 0.6) is 11.5 Å². The second kappa shape index (κ2) is 4.05. The van der Waals surface area contributed by atoms with Gasteiger partial charge in [0.25, 0.3) is 0 Å². The van der Waals surface area contributed by atoms with E-state index in [0.29, 0.717) is 0 Å². The van der Waals surface area contributed by atoms with Crippen molar-refractivity contribution in [2.24, 2.45) is 0 Å². The van der Waals surface area contributed by atoms with Crippen molar-refractivity contribution < 1.29 is 39.0 Å². The Balaban J connectivity index is 0.00000121. The molecule has 0 spiro atoms. The van der Waals surface area contributed by atoms with Crippen molar-refractivity contribution in [3.63, 3.8) is 0 Å². The quantitative estimate of drug-likeness (QED) is 0.329. The predicted octanol–water partition coefficient (Wildman–Crippen LogP) is -3.53. The maximum atomic E-state index is 10.2. The first-order valence-corrected chi connectivity index (χ1v) is 2.84. The van der Waals surface area contributed by atoms with Gasteiger partial charge in [0.2, 0.25) is 0 Å². The molecule has 0 aromatic heterocycles. The van der Waals surface area contributed by atoms with E-state index in [1.165, 1.54) is 0 Å². The minimum absolute atomic E-state index is 0. The molecule has 0 fully saturated rings. The Morgan fingerprint density at radius 3 is 2.25 bits per heavy atom. The van der Waals surface area contributed by atoms with Crippen molar-refractivity contribution in [3.05, 3.63) is 23.8 Å². The number of carbonyl (C=O) groups is 1. The number of phenolic OH excluding ortho intramolecular Hbond substituents is 2. The Morgan fingerprint density at radius 2 is 1.83 bits per heavy atom. The maximum absolute atomic E-state index is 10.2. The number of aromatic carboxylic acids is 1. The molecule has 1 aromatic carbocycles. The standard InChI is InChI=1S/C7H6O4.Li/c8-5-2-1-4(7(10)11)3-6(5)9;/h1-3,8-9H,(H,10,11);/q;+1/p-1. The third kappa shape index (κ3) is 2.19. The van der Waals surface area contributed by atoms with E-state index in [0.717, 1.165) is 18.2 Å². The van der Waals surface area contributed by atoms with Crippen LogP contribution in [0.4, 0.5) is 0 Å². The number of carbonyl (C=O) groups excluding carboxylic acids is 1. The number of carboxylic acid groups (broad SMARTS) is 1. The number of carboxylic acids is 1. The van der Waals surface area contributed by atoms with Crippen LogP contribution in [0.15, 0.2) is 18.2 Å². The Morgan fingerprint density at radius 1 is 1.25 bits per heavy atom. The van der Waals surface area contributed by atoms with Crippen molar-refractivity contribution >= 4 is 5.97 Å². The van der Waals surface area contributed by atoms with E-state index in [1.807, 2.05) is 0 Å². The fourth-order valence-electron chi connectivity index (χ4n) is 0.650. The zero-order valence-electron chi connectivity index (χ0n) is 6.44. The largest absolute Gasteiger partial charge is 1.00 e. The van der Waals surface area contributed by atoms with Gasteiger partial charge in [-0.1, -0.05) is 0 Å². The molecule has 0 atom stereocenters. The van der Waals surface area contributed by atoms with Gasteiger partial charge in [-0.2, -0.15) is 0 Å². The van der Waals surface area contributed by atoms with Crippen molar-refractivity contribution in [3.8, 4) is 11.5 Å². The molecule has 0 saturated heterocycles. The number of phenols is 2. The van der Waals surface area contributed by atoms with Gasteiger partial charge in [-0.25, -0.2) is 0 Å². The molecule has 0 bridgehead atoms. The fraction of sp³-hybridized carbons (Fsp3) is 0. The molecule has 58 valence electrons. The molecular formula is C7H5LiO4. The van der Waals surface area contributed by atoms with Gasteiger partial charge in [-0.3, -0.25) is 0 Å². The van der Waals surface area contributed by atoms with Crippen LogP contribution >= 0.6 is 0 Å². The summed E-state index contributed by atoms with van der Waals surface area (Å²) in [6, 6.07) is 3.15. The van der Waals surface area contributed by atoms with Crippen LogP contribution in [0.3, 0.4) is 0 Å². The summed E-state index contributed by atoms with van der Waals surface area (Å²) < 4.78 is 0. The molecule has 2 N–H and O–H groups in total. The monoisotopic (exact) mass is 160 g/mol. The van der Waals surface area contributed by atoms with E-state index >= 15 is 0 Å². The Bertz CT molecular complexity index is 297. The SMILES string of the molecule is O=C([O-])c1ccc(O)c(O)c1.[Li+]. The van der Waals surface area contributed by atoms with Crippen LogP contribution in [0.25, 0.3) is 0 Å². The first-order chi connectivity index (χ1) is 5.11. The van der Waals surface area contributed by atoms with Gasteiger partial charge in [-0.05, 0) is 18.2 Å². The molecule has 0 amide bonds. The van der Waals surface area contributed by atoms with E-state index in [1.54, 1.807) is 0 Å². The molecular weight excluding hydrogens is 155 g/mol. The second-order valence-electron chi connectivity index (χ2n) is 1.99. The molecule has 4 nitrogen and oxygen atoms in total. The van der Waals surface area contributed by atoms with Crippen molar-refractivity contribution in [1.29, 1.82) is 0 Å². The number of benzene rings is 1. The zero-order chi connectivity index (χ0) is 8.43. The molecule has 12 heavy (non-hydrogen) atoms. The smallest absolute Gasteiger partial charge is 0.545 e. The molecule has 0 aliphatic heterocycles. The Kier molecular flexibility index (Phi) is 3.67. The maximum Gasteiger partial charge on any atom is 1.00 e. The van der Waals surface area contributed by atoms with Crippen LogP contribution in [-0.4, -0.2) is 16.2 Å². The number of hydrogen-bond acceptors (Lipinski definition) is 4. The minimum Gasteiger partial charge on any atom is -0.545 e. The predicted molar refractivity (Wildman–Crippen MR) is 34.1 cm³/mol. The van der Waals surface area contributed by atoms with Gasteiger partial charge in [0, 0.05) is 5.56 Å². The normalized spacial score (nSPS) is 8.67. The van der Waals surface area contributed by atoms with E-state index in [-0.39, 0.29) is 30.2 Å². The summed E-state index contributed by atoms with van der Waals surface area (Å²) in [7, 11) is 0. The van der Waals surface area contributed by atoms with Crippen LogP contribution in [-0.2, 0) is 0 Å². The summed E-state index contributed by atoms with van der Waals surface area (Å²) in [4.78, 5) is 10.2. The van der Waals surface area contributed by atoms with E-state index < -0.39 is 11.7 Å². The average Bonchev–Trinajstić information content (AvgIpc) is 1.94. The fourth-order valence-corrected chi connectivity index (χ4v) is 0.650. The third-order valence-electron chi connectivity index (χ3n) is 1.21. The number of rotatable bonds is 1. The van der Waals surface area contributed by atoms with Crippen LogP contribution < -0.4 is 24.0 Å². The molecule has 0 heterocycles. The summed E-state index contributed by atoms with van der Waals surface area (Å²) in [5, 5.41) is 27.7. The van der Waals surface area contributed by atoms with Crippen LogP contribution in [0.1, 0.15) is 10.4 Å². The van der Waals surface area contributed by atoms with E-state index in [4.69, 9.17) is 10.2 Å². The summed E-state index contributed by atoms with van der Waals surface area (Å²) in [6.45, 7) is 0. The van der Waals surface area contributed by atoms with Gasteiger partial charge in [-0.15, -0.1) is 0 Å². The molecule has 0 aliphatic carbocycles. The number of aromatic hydroxyl groups is 2. The van der Waals surface area contributed by atoms with E-state index in [2.05, 4.69) is 0 Å². The minimum atomic E-state index is -1.39. The summed E-state index contributed by atoms with van der Waals surface area (Å²) >= 11 is 0. The zero-order valence-corrected chi connectivity index (χ0v) is 6.44. The van der Waals surface area contributed by atoms with Gasteiger partial charge in [0.05, 0.1) is 5.97 Å². The molecule has 0 aliphatic rings. The third-order valence-corrected chi connectivity index (χ3v) is 1.21. The molecule has 0 radical (unpaired) electrons. The first-order valence-electron chi connectivity index (χ1n) is 2.84. The van der Waals surface area contributed by atoms with Crippen molar-refractivity contribution in [2.45, 2.75) is 0 Å². The Hall–Kier alpha value is -1.11. The second-order valence-corrected chi connectivity index (χ2v) is 1.99. The topological polar surface area (TPSA) is 80.6 Å². The van der Waals surface area contributed by atoms with Gasteiger partial charge < -0.3 is 20.1 Å².